The van der Waals surface area contributed by atoms with E-state index in [1.807, 2.05) is 30.9 Å². The van der Waals surface area contributed by atoms with Crippen LogP contribution in [-0.4, -0.2) is 46.5 Å². The van der Waals surface area contributed by atoms with Crippen molar-refractivity contribution in [1.82, 2.24) is 4.90 Å². The molecule has 1 amide bonds. The summed E-state index contributed by atoms with van der Waals surface area (Å²) < 4.78 is 5.50. The van der Waals surface area contributed by atoms with E-state index in [2.05, 4.69) is 0 Å². The number of carbonyl (C=O) groups excluding carboxylic acids is 2. The zero-order chi connectivity index (χ0) is 18.0. The Morgan fingerprint density at radius 1 is 1.20 bits per heavy atom. The molecule has 25 heavy (non-hydrogen) atoms. The number of benzene rings is 1. The van der Waals surface area contributed by atoms with Crippen LogP contribution in [0.25, 0.3) is 0 Å². The van der Waals surface area contributed by atoms with Gasteiger partial charge in [0, 0.05) is 30.5 Å². The summed E-state index contributed by atoms with van der Waals surface area (Å²) in [6, 6.07) is 5.73. The van der Waals surface area contributed by atoms with Gasteiger partial charge in [0.1, 0.15) is 5.75 Å². The molecule has 2 heterocycles. The van der Waals surface area contributed by atoms with Crippen molar-refractivity contribution < 1.29 is 19.4 Å². The molecule has 2 aliphatic heterocycles. The number of amides is 1. The Kier molecular flexibility index (Phi) is 5.42. The van der Waals surface area contributed by atoms with Gasteiger partial charge < -0.3 is 14.7 Å². The Morgan fingerprint density at radius 3 is 2.48 bits per heavy atom. The van der Waals surface area contributed by atoms with Crippen LogP contribution in [-0.2, 0) is 4.79 Å². The number of aliphatic hydroxyl groups is 1. The van der Waals surface area contributed by atoms with Crippen LogP contribution in [0, 0.1) is 6.92 Å². The summed E-state index contributed by atoms with van der Waals surface area (Å²) in [6.07, 6.45) is 3.48. The first-order valence-corrected chi connectivity index (χ1v) is 9.25. The summed E-state index contributed by atoms with van der Waals surface area (Å²) in [6.45, 7) is 4.44. The van der Waals surface area contributed by atoms with Crippen LogP contribution in [0.5, 0.6) is 5.75 Å². The third-order valence-electron chi connectivity index (χ3n) is 5.36. The Bertz CT molecular complexity index is 643. The van der Waals surface area contributed by atoms with Gasteiger partial charge in [-0.1, -0.05) is 0 Å². The molecule has 1 unspecified atom stereocenters. The lowest BCUT2D eigenvalue weighted by Gasteiger charge is -2.37. The maximum absolute atomic E-state index is 12.6. The molecule has 1 aromatic rings. The molecule has 2 aliphatic rings. The zero-order valence-corrected chi connectivity index (χ0v) is 15.0. The normalized spacial score (nSPS) is 25.1. The summed E-state index contributed by atoms with van der Waals surface area (Å²) in [5.41, 5.74) is 1.56. The number of ketones is 1. The SMILES string of the molecule is CCOc1ccc(C(=O)CCC(=O)N2[C@@H]3CC[C@H]2CC(O)C3)cc1C. The van der Waals surface area contributed by atoms with Gasteiger partial charge in [0.25, 0.3) is 0 Å². The lowest BCUT2D eigenvalue weighted by atomic mass is 9.98. The van der Waals surface area contributed by atoms with Crippen LogP contribution in [0.3, 0.4) is 0 Å². The third kappa shape index (κ3) is 3.87. The van der Waals surface area contributed by atoms with E-state index >= 15 is 0 Å². The van der Waals surface area contributed by atoms with Gasteiger partial charge >= 0.3 is 0 Å². The van der Waals surface area contributed by atoms with Crippen molar-refractivity contribution >= 4 is 11.7 Å². The minimum atomic E-state index is -0.282. The van der Waals surface area contributed by atoms with E-state index in [9.17, 15) is 14.7 Å². The summed E-state index contributed by atoms with van der Waals surface area (Å²) in [5.74, 6) is 0.831. The maximum Gasteiger partial charge on any atom is 0.223 e. The summed E-state index contributed by atoms with van der Waals surface area (Å²) in [5, 5.41) is 9.84. The summed E-state index contributed by atoms with van der Waals surface area (Å²) in [4.78, 5) is 26.9. The highest BCUT2D eigenvalue weighted by Crippen LogP contribution is 2.36. The first kappa shape index (κ1) is 17.9. The fourth-order valence-corrected chi connectivity index (χ4v) is 4.19. The second kappa shape index (κ2) is 7.56. The van der Waals surface area contributed by atoms with Gasteiger partial charge in [-0.3, -0.25) is 9.59 Å². The molecule has 0 saturated carbocycles. The predicted octanol–water partition coefficient (Wildman–Crippen LogP) is 2.87. The number of piperidine rings is 1. The quantitative estimate of drug-likeness (QED) is 0.805. The first-order valence-electron chi connectivity index (χ1n) is 9.25. The van der Waals surface area contributed by atoms with Crippen LogP contribution in [0.15, 0.2) is 18.2 Å². The van der Waals surface area contributed by atoms with Gasteiger partial charge in [-0.05, 0) is 63.3 Å². The predicted molar refractivity (Wildman–Crippen MR) is 94.8 cm³/mol. The lowest BCUT2D eigenvalue weighted by Crippen LogP contribution is -2.48. The molecule has 3 rings (SSSR count). The molecule has 5 heteroatoms. The fraction of sp³-hybridized carbons (Fsp3) is 0.600. The van der Waals surface area contributed by atoms with Crippen molar-refractivity contribution in [2.45, 2.75) is 70.6 Å². The van der Waals surface area contributed by atoms with Crippen LogP contribution < -0.4 is 4.74 Å². The van der Waals surface area contributed by atoms with Gasteiger partial charge in [-0.25, -0.2) is 0 Å². The molecule has 2 bridgehead atoms. The number of aliphatic hydroxyl groups excluding tert-OH is 1. The van der Waals surface area contributed by atoms with Crippen LogP contribution in [0.2, 0.25) is 0 Å². The number of rotatable bonds is 6. The Balaban J connectivity index is 1.57. The smallest absolute Gasteiger partial charge is 0.223 e. The van der Waals surface area contributed by atoms with Gasteiger partial charge in [0.15, 0.2) is 5.78 Å². The summed E-state index contributed by atoms with van der Waals surface area (Å²) >= 11 is 0. The minimum absolute atomic E-state index is 0.0103. The highest BCUT2D eigenvalue weighted by molar-refractivity contribution is 5.98. The molecule has 3 atom stereocenters. The highest BCUT2D eigenvalue weighted by atomic mass is 16.5. The van der Waals surface area contributed by atoms with E-state index in [1.165, 1.54) is 0 Å². The number of aryl methyl sites for hydroxylation is 1. The molecule has 0 aliphatic carbocycles. The van der Waals surface area contributed by atoms with Crippen molar-refractivity contribution in [2.24, 2.45) is 0 Å². The van der Waals surface area contributed by atoms with E-state index in [-0.39, 0.29) is 42.7 Å². The van der Waals surface area contributed by atoms with Gasteiger partial charge in [0.2, 0.25) is 5.91 Å². The third-order valence-corrected chi connectivity index (χ3v) is 5.36. The molecule has 2 fully saturated rings. The van der Waals surface area contributed by atoms with E-state index in [0.717, 1.165) is 24.2 Å². The van der Waals surface area contributed by atoms with E-state index in [1.54, 1.807) is 6.07 Å². The number of nitrogens with zero attached hydrogens (tertiary/aromatic N) is 1. The standard InChI is InChI=1S/C20H27NO4/c1-3-25-19-8-4-14(10-13(19)2)18(23)7-9-20(24)21-15-5-6-16(21)12-17(22)11-15/h4,8,10,15-17,22H,3,5-7,9,11-12H2,1-2H3/t15-,16+,17?. The molecule has 136 valence electrons. The highest BCUT2D eigenvalue weighted by Gasteiger charge is 2.42. The molecule has 0 spiro atoms. The van der Waals surface area contributed by atoms with Gasteiger partial charge in [-0.15, -0.1) is 0 Å². The van der Waals surface area contributed by atoms with E-state index in [4.69, 9.17) is 4.74 Å². The van der Waals surface area contributed by atoms with Crippen LogP contribution in [0.1, 0.15) is 61.4 Å². The van der Waals surface area contributed by atoms with E-state index < -0.39 is 0 Å². The Morgan fingerprint density at radius 2 is 1.88 bits per heavy atom. The van der Waals surface area contributed by atoms with Crippen molar-refractivity contribution in [2.75, 3.05) is 6.61 Å². The molecule has 2 saturated heterocycles. The number of fused-ring (bicyclic) bond motifs is 2. The lowest BCUT2D eigenvalue weighted by molar-refractivity contribution is -0.137. The number of hydrogen-bond donors (Lipinski definition) is 1. The Labute approximate surface area is 149 Å². The average molecular weight is 345 g/mol. The van der Waals surface area contributed by atoms with Crippen molar-refractivity contribution in [3.8, 4) is 5.75 Å². The number of ether oxygens (including phenoxy) is 1. The molecule has 0 aromatic heterocycles. The van der Waals surface area contributed by atoms with Gasteiger partial charge in [0.05, 0.1) is 12.7 Å². The first-order chi connectivity index (χ1) is 12.0. The number of hydrogen-bond acceptors (Lipinski definition) is 4. The van der Waals surface area contributed by atoms with Crippen molar-refractivity contribution in [3.63, 3.8) is 0 Å². The second-order valence-electron chi connectivity index (χ2n) is 7.15. The minimum Gasteiger partial charge on any atom is -0.494 e. The molecule has 0 radical (unpaired) electrons. The monoisotopic (exact) mass is 345 g/mol. The second-order valence-corrected chi connectivity index (χ2v) is 7.15. The molecule has 5 nitrogen and oxygen atoms in total. The largest absolute Gasteiger partial charge is 0.494 e. The molecular weight excluding hydrogens is 318 g/mol. The van der Waals surface area contributed by atoms with Crippen LogP contribution in [0.4, 0.5) is 0 Å². The van der Waals surface area contributed by atoms with Crippen molar-refractivity contribution in [1.29, 1.82) is 0 Å². The summed E-state index contributed by atoms with van der Waals surface area (Å²) in [7, 11) is 0. The zero-order valence-electron chi connectivity index (χ0n) is 15.0. The molecular formula is C20H27NO4. The number of Topliss-reactive ketones (excluding diaryl/α,β-unsaturated/α-hetero) is 1. The molecule has 1 aromatic carbocycles. The number of carbonyl (C=O) groups is 2. The molecule has 1 N–H and O–H groups in total. The average Bonchev–Trinajstić information content (AvgIpc) is 2.86. The maximum atomic E-state index is 12.6. The topological polar surface area (TPSA) is 66.8 Å². The van der Waals surface area contributed by atoms with E-state index in [0.29, 0.717) is 25.0 Å². The van der Waals surface area contributed by atoms with Gasteiger partial charge in [-0.2, -0.15) is 0 Å². The van der Waals surface area contributed by atoms with Crippen LogP contribution >= 0.6 is 0 Å². The Hall–Kier alpha value is -1.88. The van der Waals surface area contributed by atoms with Crippen molar-refractivity contribution in [3.05, 3.63) is 29.3 Å². The fourth-order valence-electron chi connectivity index (χ4n) is 4.19.